The summed E-state index contributed by atoms with van der Waals surface area (Å²) in [6.45, 7) is 4.48. The molecule has 1 aliphatic heterocycles. The minimum Gasteiger partial charge on any atom is -0.487 e. The van der Waals surface area contributed by atoms with Crippen molar-refractivity contribution in [2.45, 2.75) is 32.8 Å². The van der Waals surface area contributed by atoms with E-state index >= 15 is 0 Å². The van der Waals surface area contributed by atoms with Gasteiger partial charge in [-0.1, -0.05) is 0 Å². The number of amides is 1. The number of carbonyl (C=O) groups is 1. The summed E-state index contributed by atoms with van der Waals surface area (Å²) in [4.78, 5) is 14.9. The van der Waals surface area contributed by atoms with Gasteiger partial charge in [0.15, 0.2) is 11.6 Å². The zero-order valence-corrected chi connectivity index (χ0v) is 17.2. The summed E-state index contributed by atoms with van der Waals surface area (Å²) in [6, 6.07) is 9.14. The van der Waals surface area contributed by atoms with Gasteiger partial charge in [0.2, 0.25) is 0 Å². The van der Waals surface area contributed by atoms with E-state index in [1.54, 1.807) is 28.6 Å². The molecule has 4 rings (SSSR count). The third-order valence-electron chi connectivity index (χ3n) is 5.49. The summed E-state index contributed by atoms with van der Waals surface area (Å²) in [5, 5.41) is 4.46. The van der Waals surface area contributed by atoms with Gasteiger partial charge in [-0.3, -0.25) is 4.79 Å². The number of ether oxygens (including phenoxy) is 1. The highest BCUT2D eigenvalue weighted by Gasteiger charge is 2.29. The number of piperidine rings is 1. The quantitative estimate of drug-likeness (QED) is 0.610. The highest BCUT2D eigenvalue weighted by atomic mass is 19.1. The minimum absolute atomic E-state index is 0.0124. The van der Waals surface area contributed by atoms with Gasteiger partial charge in [-0.15, -0.1) is 0 Å². The molecule has 0 spiro atoms. The van der Waals surface area contributed by atoms with Crippen molar-refractivity contribution in [3.05, 3.63) is 76.9 Å². The molecule has 0 saturated carbocycles. The Morgan fingerprint density at radius 1 is 1.00 bits per heavy atom. The Labute approximate surface area is 178 Å². The van der Waals surface area contributed by atoms with Gasteiger partial charge in [0.1, 0.15) is 17.7 Å². The zero-order valence-electron chi connectivity index (χ0n) is 17.2. The second-order valence-corrected chi connectivity index (χ2v) is 7.62. The highest BCUT2D eigenvalue weighted by Crippen LogP contribution is 2.25. The van der Waals surface area contributed by atoms with Crippen molar-refractivity contribution >= 4 is 5.91 Å². The van der Waals surface area contributed by atoms with Crippen molar-refractivity contribution in [1.29, 1.82) is 0 Å². The summed E-state index contributed by atoms with van der Waals surface area (Å²) in [5.41, 5.74) is 2.47. The Kier molecular flexibility index (Phi) is 5.71. The van der Waals surface area contributed by atoms with Gasteiger partial charge in [-0.2, -0.15) is 5.10 Å². The van der Waals surface area contributed by atoms with Crippen molar-refractivity contribution < 1.29 is 22.7 Å². The summed E-state index contributed by atoms with van der Waals surface area (Å²) < 4.78 is 47.4. The van der Waals surface area contributed by atoms with Crippen LogP contribution in [0.4, 0.5) is 13.2 Å². The molecular weight excluding hydrogens is 407 g/mol. The predicted octanol–water partition coefficient (Wildman–Crippen LogP) is 4.59. The van der Waals surface area contributed by atoms with E-state index in [-0.39, 0.29) is 23.6 Å². The maximum absolute atomic E-state index is 13.8. The van der Waals surface area contributed by atoms with Crippen LogP contribution in [0.3, 0.4) is 0 Å². The molecule has 1 fully saturated rings. The van der Waals surface area contributed by atoms with Gasteiger partial charge in [0, 0.05) is 32.0 Å². The lowest BCUT2D eigenvalue weighted by atomic mass is 10.1. The summed E-state index contributed by atoms with van der Waals surface area (Å²) in [7, 11) is 0. The second kappa shape index (κ2) is 8.45. The lowest BCUT2D eigenvalue weighted by Crippen LogP contribution is -2.42. The van der Waals surface area contributed by atoms with Crippen LogP contribution in [0, 0.1) is 31.3 Å². The number of hydrogen-bond donors (Lipinski definition) is 0. The Bertz CT molecular complexity index is 1100. The molecule has 0 aliphatic carbocycles. The first-order chi connectivity index (χ1) is 14.8. The average molecular weight is 429 g/mol. The molecule has 3 aromatic rings. The van der Waals surface area contributed by atoms with E-state index in [1.165, 1.54) is 18.2 Å². The first-order valence-corrected chi connectivity index (χ1v) is 10.1. The van der Waals surface area contributed by atoms with Crippen LogP contribution in [0.5, 0.6) is 5.75 Å². The van der Waals surface area contributed by atoms with Gasteiger partial charge in [0.25, 0.3) is 5.91 Å². The third kappa shape index (κ3) is 4.28. The van der Waals surface area contributed by atoms with Crippen LogP contribution in [0.25, 0.3) is 5.69 Å². The molecule has 1 amide bonds. The second-order valence-electron chi connectivity index (χ2n) is 7.62. The maximum atomic E-state index is 13.8. The van der Waals surface area contributed by atoms with Crippen molar-refractivity contribution in [3.8, 4) is 11.4 Å². The Morgan fingerprint density at radius 2 is 1.65 bits per heavy atom. The molecule has 162 valence electrons. The first kappa shape index (κ1) is 21.0. The molecule has 5 nitrogen and oxygen atoms in total. The summed E-state index contributed by atoms with van der Waals surface area (Å²) in [5.74, 6) is -1.85. The molecule has 0 bridgehead atoms. The van der Waals surface area contributed by atoms with Crippen molar-refractivity contribution in [2.24, 2.45) is 0 Å². The van der Waals surface area contributed by atoms with Crippen molar-refractivity contribution in [3.63, 3.8) is 0 Å². The average Bonchev–Trinajstić information content (AvgIpc) is 3.04. The topological polar surface area (TPSA) is 47.4 Å². The van der Waals surface area contributed by atoms with Gasteiger partial charge in [0.05, 0.1) is 22.6 Å². The Hall–Kier alpha value is -3.29. The van der Waals surface area contributed by atoms with Gasteiger partial charge in [-0.25, -0.2) is 17.9 Å². The fourth-order valence-corrected chi connectivity index (χ4v) is 3.87. The lowest BCUT2D eigenvalue weighted by molar-refractivity contribution is 0.0587. The van der Waals surface area contributed by atoms with Crippen molar-refractivity contribution in [1.82, 2.24) is 14.7 Å². The summed E-state index contributed by atoms with van der Waals surface area (Å²) >= 11 is 0. The van der Waals surface area contributed by atoms with Crippen LogP contribution < -0.4 is 4.74 Å². The molecule has 1 aromatic heterocycles. The Morgan fingerprint density at radius 3 is 2.29 bits per heavy atom. The normalized spacial score (nSPS) is 14.7. The fraction of sp³-hybridized carbons (Fsp3) is 0.304. The molecule has 1 aliphatic rings. The predicted molar refractivity (Wildman–Crippen MR) is 109 cm³/mol. The molecular formula is C23H22F3N3O2. The third-order valence-corrected chi connectivity index (χ3v) is 5.49. The van der Waals surface area contributed by atoms with Gasteiger partial charge < -0.3 is 9.64 Å². The number of likely N-dealkylation sites (tertiary alicyclic amines) is 1. The minimum atomic E-state index is -0.738. The van der Waals surface area contributed by atoms with Gasteiger partial charge in [-0.05, 0) is 50.2 Å². The van der Waals surface area contributed by atoms with E-state index in [0.717, 1.165) is 12.1 Å². The number of hydrogen-bond acceptors (Lipinski definition) is 3. The molecule has 0 N–H and O–H groups in total. The highest BCUT2D eigenvalue weighted by molar-refractivity contribution is 5.96. The standard InChI is InChI=1S/C23H22F3N3O2/c1-14-22(15(2)29(27-14)18-6-3-16(24)4-7-18)23(30)28-11-9-19(10-12-28)31-21-8-5-17(25)13-20(21)26/h3-8,13,19H,9-12H2,1-2H3. The molecule has 1 saturated heterocycles. The molecule has 0 radical (unpaired) electrons. The van der Waals surface area contributed by atoms with Gasteiger partial charge >= 0.3 is 0 Å². The zero-order chi connectivity index (χ0) is 22.1. The SMILES string of the molecule is Cc1nn(-c2ccc(F)cc2)c(C)c1C(=O)N1CCC(Oc2ccc(F)cc2F)CC1. The molecule has 0 atom stereocenters. The number of nitrogens with zero attached hydrogens (tertiary/aromatic N) is 3. The van der Waals surface area contributed by atoms with Crippen LogP contribution in [0.2, 0.25) is 0 Å². The van der Waals surface area contributed by atoms with E-state index in [1.807, 2.05) is 6.92 Å². The van der Waals surface area contributed by atoms with E-state index in [4.69, 9.17) is 4.74 Å². The first-order valence-electron chi connectivity index (χ1n) is 10.1. The lowest BCUT2D eigenvalue weighted by Gasteiger charge is -2.32. The van der Waals surface area contributed by atoms with E-state index in [0.29, 0.717) is 48.6 Å². The fourth-order valence-electron chi connectivity index (χ4n) is 3.87. The van der Waals surface area contributed by atoms with Crippen LogP contribution in [-0.2, 0) is 0 Å². The molecule has 2 aromatic carbocycles. The van der Waals surface area contributed by atoms with Crippen LogP contribution in [0.15, 0.2) is 42.5 Å². The number of aryl methyl sites for hydroxylation is 1. The summed E-state index contributed by atoms with van der Waals surface area (Å²) in [6.07, 6.45) is 0.813. The Balaban J connectivity index is 1.44. The monoisotopic (exact) mass is 429 g/mol. The molecule has 0 unspecified atom stereocenters. The largest absolute Gasteiger partial charge is 0.487 e. The number of benzene rings is 2. The smallest absolute Gasteiger partial charge is 0.257 e. The number of rotatable bonds is 4. The van der Waals surface area contributed by atoms with E-state index in [2.05, 4.69) is 5.10 Å². The van der Waals surface area contributed by atoms with E-state index < -0.39 is 11.6 Å². The molecule has 8 heteroatoms. The number of aromatic nitrogens is 2. The molecule has 31 heavy (non-hydrogen) atoms. The van der Waals surface area contributed by atoms with Crippen molar-refractivity contribution in [2.75, 3.05) is 13.1 Å². The maximum Gasteiger partial charge on any atom is 0.257 e. The molecule has 2 heterocycles. The van der Waals surface area contributed by atoms with Crippen LogP contribution in [0.1, 0.15) is 34.6 Å². The van der Waals surface area contributed by atoms with Crippen LogP contribution in [-0.4, -0.2) is 39.8 Å². The number of halogens is 3. The number of carbonyl (C=O) groups excluding carboxylic acids is 1. The van der Waals surface area contributed by atoms with Crippen LogP contribution >= 0.6 is 0 Å². The van der Waals surface area contributed by atoms with E-state index in [9.17, 15) is 18.0 Å².